The molecule has 0 saturated carbocycles. The number of rotatable bonds is 5. The van der Waals surface area contributed by atoms with Crippen molar-refractivity contribution in [3.8, 4) is 11.4 Å². The second-order valence-corrected chi connectivity index (χ2v) is 6.73. The summed E-state index contributed by atoms with van der Waals surface area (Å²) in [6.07, 6.45) is 0. The molecule has 8 heteroatoms. The van der Waals surface area contributed by atoms with Crippen LogP contribution in [0.25, 0.3) is 11.4 Å². The van der Waals surface area contributed by atoms with Crippen LogP contribution in [-0.2, 0) is 5.75 Å². The summed E-state index contributed by atoms with van der Waals surface area (Å²) in [4.78, 5) is 12.3. The van der Waals surface area contributed by atoms with Crippen molar-refractivity contribution in [2.45, 2.75) is 17.8 Å². The average molecular weight is 364 g/mol. The van der Waals surface area contributed by atoms with Gasteiger partial charge in [0.2, 0.25) is 5.16 Å². The number of H-pyrrole nitrogens is 1. The minimum Gasteiger partial charge on any atom is -0.294 e. The number of tetrazole rings is 1. The van der Waals surface area contributed by atoms with E-state index in [1.807, 2.05) is 61.5 Å². The summed E-state index contributed by atoms with van der Waals surface area (Å²) in [5.41, 5.74) is 3.53. The van der Waals surface area contributed by atoms with Gasteiger partial charge in [-0.3, -0.25) is 9.89 Å². The van der Waals surface area contributed by atoms with Crippen molar-refractivity contribution in [2.24, 2.45) is 0 Å². The molecule has 7 nitrogen and oxygen atoms in total. The van der Waals surface area contributed by atoms with E-state index in [0.717, 1.165) is 22.6 Å². The van der Waals surface area contributed by atoms with Crippen molar-refractivity contribution in [1.29, 1.82) is 0 Å². The Morgan fingerprint density at radius 3 is 2.65 bits per heavy atom. The monoisotopic (exact) mass is 364 g/mol. The van der Waals surface area contributed by atoms with Crippen LogP contribution in [-0.4, -0.2) is 30.0 Å². The van der Waals surface area contributed by atoms with Gasteiger partial charge in [0.1, 0.15) is 0 Å². The Kier molecular flexibility index (Phi) is 4.40. The van der Waals surface area contributed by atoms with Gasteiger partial charge in [-0.05, 0) is 47.2 Å². The molecule has 4 rings (SSSR count). The van der Waals surface area contributed by atoms with Gasteiger partial charge in [-0.1, -0.05) is 42.1 Å². The second-order valence-electron chi connectivity index (χ2n) is 5.79. The lowest BCUT2D eigenvalue weighted by Gasteiger charge is -2.04. The zero-order valence-electron chi connectivity index (χ0n) is 14.0. The van der Waals surface area contributed by atoms with Crippen LogP contribution >= 0.6 is 11.8 Å². The molecule has 2 aromatic carbocycles. The maximum Gasteiger partial charge on any atom is 0.271 e. The van der Waals surface area contributed by atoms with E-state index < -0.39 is 0 Å². The van der Waals surface area contributed by atoms with Crippen LogP contribution in [0, 0.1) is 6.92 Å². The van der Waals surface area contributed by atoms with Gasteiger partial charge in [0, 0.05) is 17.5 Å². The van der Waals surface area contributed by atoms with Crippen LogP contribution in [0.3, 0.4) is 0 Å². The standard InChI is InChI=1S/C18H16N6OS/c1-13-6-5-9-16(10-13)23-17(25)11-14(20-23)12-26-18-19-21-22-24(18)15-7-3-2-4-8-15/h2-11,20H,12H2,1H3. The lowest BCUT2D eigenvalue weighted by molar-refractivity contribution is 0.756. The number of aromatic amines is 1. The fourth-order valence-electron chi connectivity index (χ4n) is 2.62. The number of nitrogens with one attached hydrogen (secondary N) is 1. The lowest BCUT2D eigenvalue weighted by atomic mass is 10.2. The maximum absolute atomic E-state index is 12.3. The Bertz CT molecular complexity index is 1080. The Balaban J connectivity index is 1.54. The van der Waals surface area contributed by atoms with Gasteiger partial charge in [0.05, 0.1) is 11.4 Å². The Morgan fingerprint density at radius 2 is 1.85 bits per heavy atom. The zero-order valence-corrected chi connectivity index (χ0v) is 14.8. The predicted octanol–water partition coefficient (Wildman–Crippen LogP) is 2.74. The minimum atomic E-state index is -0.0890. The van der Waals surface area contributed by atoms with Crippen molar-refractivity contribution in [3.63, 3.8) is 0 Å². The number of aryl methyl sites for hydroxylation is 1. The fraction of sp³-hybridized carbons (Fsp3) is 0.111. The Hall–Kier alpha value is -3.13. The molecule has 2 aromatic heterocycles. The number of para-hydroxylation sites is 1. The zero-order chi connectivity index (χ0) is 17.9. The third-order valence-electron chi connectivity index (χ3n) is 3.83. The summed E-state index contributed by atoms with van der Waals surface area (Å²) in [7, 11) is 0. The molecular weight excluding hydrogens is 348 g/mol. The van der Waals surface area contributed by atoms with Crippen molar-refractivity contribution in [1.82, 2.24) is 30.0 Å². The number of benzene rings is 2. The van der Waals surface area contributed by atoms with Crippen molar-refractivity contribution >= 4 is 11.8 Å². The molecule has 2 heterocycles. The third kappa shape index (κ3) is 3.31. The molecule has 0 saturated heterocycles. The van der Waals surface area contributed by atoms with Crippen LogP contribution in [0.2, 0.25) is 0 Å². The molecule has 0 radical (unpaired) electrons. The highest BCUT2D eigenvalue weighted by molar-refractivity contribution is 7.98. The molecule has 0 aliphatic rings. The largest absolute Gasteiger partial charge is 0.294 e. The molecule has 4 aromatic rings. The topological polar surface area (TPSA) is 81.4 Å². The molecule has 0 unspecified atom stereocenters. The Labute approximate surface area is 153 Å². The first-order valence-corrected chi connectivity index (χ1v) is 9.04. The first kappa shape index (κ1) is 16.3. The van der Waals surface area contributed by atoms with E-state index >= 15 is 0 Å². The molecule has 0 amide bonds. The first-order valence-electron chi connectivity index (χ1n) is 8.05. The smallest absolute Gasteiger partial charge is 0.271 e. The highest BCUT2D eigenvalue weighted by atomic mass is 32.2. The molecule has 0 aliphatic heterocycles. The van der Waals surface area contributed by atoms with Gasteiger partial charge in [0.15, 0.2) is 0 Å². The van der Waals surface area contributed by atoms with Crippen molar-refractivity contribution in [3.05, 3.63) is 82.3 Å². The summed E-state index contributed by atoms with van der Waals surface area (Å²) in [6.45, 7) is 2.00. The van der Waals surface area contributed by atoms with Crippen LogP contribution in [0.15, 0.2) is 70.6 Å². The third-order valence-corrected chi connectivity index (χ3v) is 4.80. The molecule has 1 N–H and O–H groups in total. The van der Waals surface area contributed by atoms with Gasteiger partial charge in [0.25, 0.3) is 5.56 Å². The minimum absolute atomic E-state index is 0.0890. The van der Waals surface area contributed by atoms with Crippen LogP contribution in [0.5, 0.6) is 0 Å². The van der Waals surface area contributed by atoms with E-state index in [9.17, 15) is 4.79 Å². The quantitative estimate of drug-likeness (QED) is 0.551. The van der Waals surface area contributed by atoms with Crippen LogP contribution in [0.4, 0.5) is 0 Å². The number of hydrogen-bond acceptors (Lipinski definition) is 5. The molecule has 0 bridgehead atoms. The summed E-state index contributed by atoms with van der Waals surface area (Å²) >= 11 is 1.47. The molecular formula is C18H16N6OS. The summed E-state index contributed by atoms with van der Waals surface area (Å²) in [6, 6.07) is 19.1. The number of aromatic nitrogens is 6. The first-order chi connectivity index (χ1) is 12.7. The van der Waals surface area contributed by atoms with Gasteiger partial charge in [-0.25, -0.2) is 4.68 Å². The second kappa shape index (κ2) is 7.01. The molecule has 0 aliphatic carbocycles. The number of nitrogens with zero attached hydrogens (tertiary/aromatic N) is 5. The maximum atomic E-state index is 12.3. The molecule has 0 atom stereocenters. The van der Waals surface area contributed by atoms with E-state index in [0.29, 0.717) is 10.9 Å². The van der Waals surface area contributed by atoms with Gasteiger partial charge < -0.3 is 0 Å². The molecule has 0 spiro atoms. The van der Waals surface area contributed by atoms with Gasteiger partial charge in [-0.2, -0.15) is 4.68 Å². The van der Waals surface area contributed by atoms with E-state index in [-0.39, 0.29) is 5.56 Å². The summed E-state index contributed by atoms with van der Waals surface area (Å²) < 4.78 is 3.23. The predicted molar refractivity (Wildman–Crippen MR) is 99.8 cm³/mol. The van der Waals surface area contributed by atoms with Crippen LogP contribution in [0.1, 0.15) is 11.3 Å². The van der Waals surface area contributed by atoms with E-state index in [2.05, 4.69) is 20.6 Å². The molecule has 0 fully saturated rings. The number of hydrogen-bond donors (Lipinski definition) is 1. The fourth-order valence-corrected chi connectivity index (χ4v) is 3.41. The van der Waals surface area contributed by atoms with Crippen molar-refractivity contribution < 1.29 is 0 Å². The van der Waals surface area contributed by atoms with E-state index in [1.54, 1.807) is 15.4 Å². The summed E-state index contributed by atoms with van der Waals surface area (Å²) in [5.74, 6) is 0.557. The molecule has 26 heavy (non-hydrogen) atoms. The highest BCUT2D eigenvalue weighted by Crippen LogP contribution is 2.21. The number of thioether (sulfide) groups is 1. The highest BCUT2D eigenvalue weighted by Gasteiger charge is 2.11. The van der Waals surface area contributed by atoms with E-state index in [1.165, 1.54) is 11.8 Å². The normalized spacial score (nSPS) is 11.0. The Morgan fingerprint density at radius 1 is 1.04 bits per heavy atom. The lowest BCUT2D eigenvalue weighted by Crippen LogP contribution is -2.13. The SMILES string of the molecule is Cc1cccc(-n2[nH]c(CSc3nnnn3-c3ccccc3)cc2=O)c1. The van der Waals surface area contributed by atoms with Crippen molar-refractivity contribution in [2.75, 3.05) is 0 Å². The van der Waals surface area contributed by atoms with Gasteiger partial charge in [-0.15, -0.1) is 5.10 Å². The molecule has 130 valence electrons. The van der Waals surface area contributed by atoms with Crippen LogP contribution < -0.4 is 5.56 Å². The average Bonchev–Trinajstić information content (AvgIpc) is 3.27. The van der Waals surface area contributed by atoms with E-state index in [4.69, 9.17) is 0 Å². The van der Waals surface area contributed by atoms with Gasteiger partial charge >= 0.3 is 0 Å². The summed E-state index contributed by atoms with van der Waals surface area (Å²) in [5, 5.41) is 15.7.